The fourth-order valence-electron chi connectivity index (χ4n) is 3.10. The van der Waals surface area contributed by atoms with E-state index in [1.807, 2.05) is 13.8 Å². The Bertz CT molecular complexity index is 1220. The highest BCUT2D eigenvalue weighted by molar-refractivity contribution is 7.92. The van der Waals surface area contributed by atoms with Gasteiger partial charge in [-0.2, -0.15) is 0 Å². The Kier molecular flexibility index (Phi) is 8.43. The summed E-state index contributed by atoms with van der Waals surface area (Å²) in [7, 11) is -3.70. The van der Waals surface area contributed by atoms with Crippen molar-refractivity contribution in [2.24, 2.45) is 0 Å². The zero-order chi connectivity index (χ0) is 24.6. The molecule has 0 aliphatic heterocycles. The van der Waals surface area contributed by atoms with Crippen molar-refractivity contribution in [2.45, 2.75) is 38.0 Å². The molecule has 3 aromatic rings. The summed E-state index contributed by atoms with van der Waals surface area (Å²) in [5.74, 6) is 0.281. The van der Waals surface area contributed by atoms with E-state index in [1.54, 1.807) is 72.8 Å². The standard InChI is InChI=1S/C26H28N2O5S/c1-3-18-33-23-12-6-20(7-13-23)25(29)16-17-26(30)27-21-8-10-22(11-9-21)28-34(31,32)24-14-4-19(2)5-15-24/h4-15,28H,3,16-18H2,1-2H3,(H,27,30). The lowest BCUT2D eigenvalue weighted by atomic mass is 10.1. The van der Waals surface area contributed by atoms with Crippen molar-refractivity contribution in [3.63, 3.8) is 0 Å². The SMILES string of the molecule is CCCOc1ccc(C(=O)CCC(=O)Nc2ccc(NS(=O)(=O)c3ccc(C)cc3)cc2)cc1. The average molecular weight is 481 g/mol. The zero-order valence-electron chi connectivity index (χ0n) is 19.2. The molecule has 0 saturated heterocycles. The van der Waals surface area contributed by atoms with Crippen molar-refractivity contribution in [3.05, 3.63) is 83.9 Å². The molecular weight excluding hydrogens is 452 g/mol. The van der Waals surface area contributed by atoms with Crippen LogP contribution < -0.4 is 14.8 Å². The van der Waals surface area contributed by atoms with Crippen molar-refractivity contribution in [3.8, 4) is 5.75 Å². The van der Waals surface area contributed by atoms with Gasteiger partial charge in [-0.25, -0.2) is 8.42 Å². The maximum absolute atomic E-state index is 12.5. The van der Waals surface area contributed by atoms with Crippen LogP contribution in [-0.2, 0) is 14.8 Å². The highest BCUT2D eigenvalue weighted by Crippen LogP contribution is 2.19. The molecule has 0 radical (unpaired) electrons. The molecule has 0 spiro atoms. The van der Waals surface area contributed by atoms with Gasteiger partial charge in [0.05, 0.1) is 11.5 Å². The predicted octanol–water partition coefficient (Wildman–Crippen LogP) is 5.19. The molecule has 0 heterocycles. The predicted molar refractivity (Wildman–Crippen MR) is 133 cm³/mol. The van der Waals surface area contributed by atoms with Crippen LogP contribution in [0.5, 0.6) is 5.75 Å². The highest BCUT2D eigenvalue weighted by atomic mass is 32.2. The molecule has 34 heavy (non-hydrogen) atoms. The maximum Gasteiger partial charge on any atom is 0.261 e. The van der Waals surface area contributed by atoms with E-state index in [0.717, 1.165) is 12.0 Å². The Hall–Kier alpha value is -3.65. The Balaban J connectivity index is 1.49. The Morgan fingerprint density at radius 1 is 0.824 bits per heavy atom. The van der Waals surface area contributed by atoms with Gasteiger partial charge in [-0.1, -0.05) is 24.6 Å². The number of hydrogen-bond donors (Lipinski definition) is 2. The van der Waals surface area contributed by atoms with E-state index in [1.165, 1.54) is 0 Å². The van der Waals surface area contributed by atoms with Crippen LogP contribution >= 0.6 is 0 Å². The van der Waals surface area contributed by atoms with Crippen LogP contribution in [0.15, 0.2) is 77.7 Å². The summed E-state index contributed by atoms with van der Waals surface area (Å²) in [6, 6.07) is 19.8. The summed E-state index contributed by atoms with van der Waals surface area (Å²) in [5.41, 5.74) is 2.38. The molecule has 0 unspecified atom stereocenters. The summed E-state index contributed by atoms with van der Waals surface area (Å²) < 4.78 is 33.0. The molecule has 0 aliphatic carbocycles. The fourth-order valence-corrected chi connectivity index (χ4v) is 4.16. The number of ether oxygens (including phenoxy) is 1. The van der Waals surface area contributed by atoms with Crippen LogP contribution in [0.2, 0.25) is 0 Å². The third-order valence-electron chi connectivity index (χ3n) is 4.98. The topological polar surface area (TPSA) is 102 Å². The molecule has 3 aromatic carbocycles. The van der Waals surface area contributed by atoms with Crippen LogP contribution in [0.1, 0.15) is 42.1 Å². The molecule has 3 rings (SSSR count). The number of benzene rings is 3. The third kappa shape index (κ3) is 7.18. The average Bonchev–Trinajstić information content (AvgIpc) is 2.83. The number of amides is 1. The number of ketones is 1. The number of Topliss-reactive ketones (excluding diaryl/α,β-unsaturated/α-hetero) is 1. The van der Waals surface area contributed by atoms with Gasteiger partial charge in [0.15, 0.2) is 5.78 Å². The van der Waals surface area contributed by atoms with Crippen molar-refractivity contribution in [2.75, 3.05) is 16.6 Å². The van der Waals surface area contributed by atoms with Crippen LogP contribution in [0.4, 0.5) is 11.4 Å². The van der Waals surface area contributed by atoms with Gasteiger partial charge in [-0.05, 0) is 74.0 Å². The lowest BCUT2D eigenvalue weighted by Gasteiger charge is -2.10. The molecule has 0 aliphatic rings. The van der Waals surface area contributed by atoms with E-state index in [9.17, 15) is 18.0 Å². The summed E-state index contributed by atoms with van der Waals surface area (Å²) in [4.78, 5) is 24.8. The molecule has 8 heteroatoms. The van der Waals surface area contributed by atoms with E-state index in [2.05, 4.69) is 10.0 Å². The van der Waals surface area contributed by atoms with E-state index >= 15 is 0 Å². The molecule has 0 atom stereocenters. The minimum absolute atomic E-state index is 0.0364. The molecule has 0 bridgehead atoms. The van der Waals surface area contributed by atoms with Gasteiger partial charge in [0.2, 0.25) is 5.91 Å². The van der Waals surface area contributed by atoms with E-state index in [4.69, 9.17) is 4.74 Å². The van der Waals surface area contributed by atoms with Gasteiger partial charge in [0.1, 0.15) is 5.75 Å². The van der Waals surface area contributed by atoms with E-state index in [-0.39, 0.29) is 29.4 Å². The maximum atomic E-state index is 12.5. The van der Waals surface area contributed by atoms with Crippen LogP contribution in [0.25, 0.3) is 0 Å². The summed E-state index contributed by atoms with van der Waals surface area (Å²) >= 11 is 0. The normalized spacial score (nSPS) is 11.0. The van der Waals surface area contributed by atoms with Gasteiger partial charge in [0, 0.05) is 29.8 Å². The first-order chi connectivity index (χ1) is 16.3. The molecule has 0 aromatic heterocycles. The van der Waals surface area contributed by atoms with Gasteiger partial charge < -0.3 is 10.1 Å². The number of sulfonamides is 1. The Morgan fingerprint density at radius 3 is 2.06 bits per heavy atom. The van der Waals surface area contributed by atoms with Gasteiger partial charge >= 0.3 is 0 Å². The fraction of sp³-hybridized carbons (Fsp3) is 0.231. The monoisotopic (exact) mass is 480 g/mol. The molecule has 1 amide bonds. The number of hydrogen-bond acceptors (Lipinski definition) is 5. The lowest BCUT2D eigenvalue weighted by Crippen LogP contribution is -2.14. The molecule has 2 N–H and O–H groups in total. The van der Waals surface area contributed by atoms with Gasteiger partial charge in [-0.15, -0.1) is 0 Å². The first-order valence-corrected chi connectivity index (χ1v) is 12.5. The highest BCUT2D eigenvalue weighted by Gasteiger charge is 2.14. The second-order valence-corrected chi connectivity index (χ2v) is 9.52. The number of nitrogens with one attached hydrogen (secondary N) is 2. The molecule has 0 saturated carbocycles. The lowest BCUT2D eigenvalue weighted by molar-refractivity contribution is -0.116. The van der Waals surface area contributed by atoms with Gasteiger partial charge in [0.25, 0.3) is 10.0 Å². The van der Waals surface area contributed by atoms with Gasteiger partial charge in [-0.3, -0.25) is 14.3 Å². The molecular formula is C26H28N2O5S. The zero-order valence-corrected chi connectivity index (χ0v) is 20.0. The second-order valence-electron chi connectivity index (χ2n) is 7.84. The summed E-state index contributed by atoms with van der Waals surface area (Å²) in [5, 5.41) is 2.72. The second kappa shape index (κ2) is 11.5. The van der Waals surface area contributed by atoms with Crippen molar-refractivity contribution in [1.82, 2.24) is 0 Å². The smallest absolute Gasteiger partial charge is 0.261 e. The molecule has 0 fully saturated rings. The summed E-state index contributed by atoms with van der Waals surface area (Å²) in [6.07, 6.45) is 1.02. The third-order valence-corrected chi connectivity index (χ3v) is 6.38. The van der Waals surface area contributed by atoms with E-state index in [0.29, 0.717) is 29.3 Å². The minimum Gasteiger partial charge on any atom is -0.494 e. The van der Waals surface area contributed by atoms with Crippen LogP contribution in [-0.4, -0.2) is 26.7 Å². The first-order valence-electron chi connectivity index (χ1n) is 11.0. The first kappa shape index (κ1) is 25.0. The number of rotatable bonds is 11. The van der Waals surface area contributed by atoms with Crippen molar-refractivity contribution >= 4 is 33.1 Å². The summed E-state index contributed by atoms with van der Waals surface area (Å²) in [6.45, 7) is 4.52. The largest absolute Gasteiger partial charge is 0.494 e. The molecule has 7 nitrogen and oxygen atoms in total. The Morgan fingerprint density at radius 2 is 1.44 bits per heavy atom. The van der Waals surface area contributed by atoms with Crippen LogP contribution in [0.3, 0.4) is 0 Å². The number of carbonyl (C=O) groups is 2. The van der Waals surface area contributed by atoms with Crippen molar-refractivity contribution in [1.29, 1.82) is 0 Å². The van der Waals surface area contributed by atoms with E-state index < -0.39 is 10.0 Å². The quantitative estimate of drug-likeness (QED) is 0.368. The van der Waals surface area contributed by atoms with Crippen molar-refractivity contribution < 1.29 is 22.7 Å². The minimum atomic E-state index is -3.70. The molecule has 178 valence electrons. The van der Waals surface area contributed by atoms with Crippen LogP contribution in [0, 0.1) is 6.92 Å². The number of carbonyl (C=O) groups excluding carboxylic acids is 2. The number of aryl methyl sites for hydroxylation is 1. The number of anilines is 2. The Labute approximate surface area is 200 Å².